The minimum Gasteiger partial charge on any atom is -0.455 e. The van der Waals surface area contributed by atoms with Crippen LogP contribution in [0.4, 0.5) is 17.1 Å². The van der Waals surface area contributed by atoms with Crippen LogP contribution in [-0.4, -0.2) is 0 Å². The minimum atomic E-state index is -0.141. The highest BCUT2D eigenvalue weighted by atomic mass is 16.3. The number of hydrogen-bond donors (Lipinski definition) is 0. The van der Waals surface area contributed by atoms with Crippen molar-refractivity contribution in [1.29, 1.82) is 0 Å². The number of para-hydroxylation sites is 1. The first-order valence-electron chi connectivity index (χ1n) is 22.9. The molecule has 0 fully saturated rings. The number of nitrogens with zero attached hydrogens (tertiary/aromatic N) is 1. The van der Waals surface area contributed by atoms with Gasteiger partial charge < -0.3 is 9.32 Å². The lowest BCUT2D eigenvalue weighted by Gasteiger charge is -2.28. The molecular weight excluding hydrogens is 751 g/mol. The molecule has 1 heterocycles. The van der Waals surface area contributed by atoms with Crippen molar-refractivity contribution in [2.45, 2.75) is 0 Å². The predicted molar refractivity (Wildman–Crippen MR) is 263 cm³/mol. The SMILES string of the molecule is [2H]c1c([2H])c(N(c2ccc(-c3ccc4ccccc4c3)cc2)c2ccccc2-c2ccc3oc4c5ccccc5ccc4c3c2)c([2H])c([2H])c1-c1cccc(-c2cccc3ccccc23)c1. The summed E-state index contributed by atoms with van der Waals surface area (Å²) < 4.78 is 45.4. The first-order chi connectivity index (χ1) is 32.4. The number of hydrogen-bond acceptors (Lipinski definition) is 2. The summed E-state index contributed by atoms with van der Waals surface area (Å²) in [7, 11) is 0. The lowest BCUT2D eigenvalue weighted by molar-refractivity contribution is 0.672. The second kappa shape index (κ2) is 14.8. The van der Waals surface area contributed by atoms with E-state index in [-0.39, 0.29) is 35.4 Å². The molecule has 0 spiro atoms. The maximum absolute atomic E-state index is 9.80. The standard InChI is InChI=1S/C60H39NO/c1-2-14-45-37-47(24-23-40(45)11-1)42-27-33-51(34-28-42)61(50-31-25-41(26-32-50)46-16-9-17-48(38-46)53-21-10-15-43-12-3-5-18-52(43)53)58-22-8-7-19-54(58)49-30-36-59-57(39-49)56-35-29-44-13-4-6-20-55(44)60(56)62-59/h1-39H/i25D,26D,31D,32D. The Morgan fingerprint density at radius 2 is 0.919 bits per heavy atom. The van der Waals surface area contributed by atoms with Gasteiger partial charge >= 0.3 is 0 Å². The number of rotatable bonds is 7. The van der Waals surface area contributed by atoms with Crippen molar-refractivity contribution in [2.24, 2.45) is 0 Å². The average Bonchev–Trinajstić information content (AvgIpc) is 3.76. The van der Waals surface area contributed by atoms with E-state index in [9.17, 15) is 5.48 Å². The molecule has 0 bridgehead atoms. The van der Waals surface area contributed by atoms with Gasteiger partial charge in [-0.25, -0.2) is 0 Å². The Kier molecular flexibility index (Phi) is 7.57. The van der Waals surface area contributed by atoms with E-state index in [2.05, 4.69) is 97.1 Å². The number of furan rings is 1. The summed E-state index contributed by atoms with van der Waals surface area (Å²) in [5.41, 5.74) is 9.88. The van der Waals surface area contributed by atoms with E-state index in [4.69, 9.17) is 4.42 Å². The van der Waals surface area contributed by atoms with Gasteiger partial charge in [0, 0.05) is 33.1 Å². The second-order valence-corrected chi connectivity index (χ2v) is 15.8. The van der Waals surface area contributed by atoms with Crippen LogP contribution in [0.25, 0.3) is 98.8 Å². The summed E-state index contributed by atoms with van der Waals surface area (Å²) >= 11 is 0. The third-order valence-electron chi connectivity index (χ3n) is 12.1. The van der Waals surface area contributed by atoms with Gasteiger partial charge in [-0.05, 0) is 126 Å². The van der Waals surface area contributed by atoms with Crippen LogP contribution in [0.5, 0.6) is 0 Å². The number of fused-ring (bicyclic) bond motifs is 7. The fraction of sp³-hybridized carbons (Fsp3) is 0. The van der Waals surface area contributed by atoms with Crippen molar-refractivity contribution in [3.05, 3.63) is 236 Å². The Hall–Kier alpha value is -8.20. The van der Waals surface area contributed by atoms with Crippen LogP contribution in [-0.2, 0) is 0 Å². The van der Waals surface area contributed by atoms with E-state index in [0.29, 0.717) is 16.9 Å². The van der Waals surface area contributed by atoms with Gasteiger partial charge in [-0.2, -0.15) is 0 Å². The summed E-state index contributed by atoms with van der Waals surface area (Å²) in [6.45, 7) is 0. The predicted octanol–water partition coefficient (Wildman–Crippen LogP) is 17.2. The van der Waals surface area contributed by atoms with Gasteiger partial charge in [0.05, 0.1) is 11.2 Å². The summed E-state index contributed by atoms with van der Waals surface area (Å²) in [5.74, 6) is 0. The van der Waals surface area contributed by atoms with Crippen molar-refractivity contribution < 1.29 is 9.90 Å². The lowest BCUT2D eigenvalue weighted by Crippen LogP contribution is -2.11. The maximum Gasteiger partial charge on any atom is 0.143 e. The normalized spacial score (nSPS) is 12.5. The maximum atomic E-state index is 9.80. The van der Waals surface area contributed by atoms with Crippen molar-refractivity contribution in [1.82, 2.24) is 0 Å². The zero-order valence-electron chi connectivity index (χ0n) is 37.6. The van der Waals surface area contributed by atoms with Gasteiger partial charge in [0.1, 0.15) is 11.2 Å². The van der Waals surface area contributed by atoms with Crippen molar-refractivity contribution in [3.8, 4) is 44.5 Å². The number of anilines is 3. The van der Waals surface area contributed by atoms with Gasteiger partial charge in [-0.15, -0.1) is 0 Å². The Morgan fingerprint density at radius 1 is 0.323 bits per heavy atom. The highest BCUT2D eigenvalue weighted by Gasteiger charge is 2.19. The van der Waals surface area contributed by atoms with Crippen LogP contribution < -0.4 is 4.90 Å². The molecule has 0 aliphatic carbocycles. The van der Waals surface area contributed by atoms with Gasteiger partial charge in [0.15, 0.2) is 0 Å². The molecule has 0 saturated carbocycles. The van der Waals surface area contributed by atoms with Crippen LogP contribution in [0.3, 0.4) is 0 Å². The minimum absolute atomic E-state index is 0.116. The van der Waals surface area contributed by atoms with Crippen LogP contribution in [0.2, 0.25) is 0 Å². The molecule has 12 rings (SSSR count). The molecule has 0 saturated heterocycles. The number of benzene rings is 11. The molecule has 0 aliphatic rings. The fourth-order valence-electron chi connectivity index (χ4n) is 9.03. The van der Waals surface area contributed by atoms with Gasteiger partial charge in [0.25, 0.3) is 0 Å². The van der Waals surface area contributed by atoms with Crippen LogP contribution in [0.15, 0.2) is 241 Å². The fourth-order valence-corrected chi connectivity index (χ4v) is 9.03. The molecular formula is C60H39NO. The molecule has 0 radical (unpaired) electrons. The van der Waals surface area contributed by atoms with Crippen molar-refractivity contribution in [2.75, 3.05) is 4.90 Å². The first kappa shape index (κ1) is 31.7. The van der Waals surface area contributed by atoms with E-state index in [1.165, 1.54) is 5.39 Å². The summed E-state index contributed by atoms with van der Waals surface area (Å²) in [6.07, 6.45) is 0. The molecule has 11 aromatic carbocycles. The zero-order valence-corrected chi connectivity index (χ0v) is 33.6. The van der Waals surface area contributed by atoms with Gasteiger partial charge in [-0.3, -0.25) is 0 Å². The van der Waals surface area contributed by atoms with E-state index in [1.807, 2.05) is 120 Å². The average molecular weight is 794 g/mol. The van der Waals surface area contributed by atoms with Crippen molar-refractivity contribution in [3.63, 3.8) is 0 Å². The van der Waals surface area contributed by atoms with E-state index >= 15 is 0 Å². The van der Waals surface area contributed by atoms with E-state index < -0.39 is 0 Å². The molecule has 12 aromatic rings. The second-order valence-electron chi connectivity index (χ2n) is 15.8. The topological polar surface area (TPSA) is 16.4 Å². The molecule has 0 unspecified atom stereocenters. The van der Waals surface area contributed by atoms with E-state index in [1.54, 1.807) is 0 Å². The molecule has 0 amide bonds. The van der Waals surface area contributed by atoms with Gasteiger partial charge in [0.2, 0.25) is 0 Å². The summed E-state index contributed by atoms with van der Waals surface area (Å²) in [5, 5.41) is 8.70. The van der Waals surface area contributed by atoms with E-state index in [0.717, 1.165) is 82.3 Å². The molecule has 0 atom stereocenters. The third-order valence-corrected chi connectivity index (χ3v) is 12.1. The Bertz CT molecular complexity index is 3860. The highest BCUT2D eigenvalue weighted by molar-refractivity contribution is 6.15. The van der Waals surface area contributed by atoms with Crippen LogP contribution in [0, 0.1) is 0 Å². The largest absolute Gasteiger partial charge is 0.455 e. The summed E-state index contributed by atoms with van der Waals surface area (Å²) in [4.78, 5) is 1.89. The molecule has 2 nitrogen and oxygen atoms in total. The van der Waals surface area contributed by atoms with Crippen LogP contribution in [0.1, 0.15) is 5.48 Å². The molecule has 62 heavy (non-hydrogen) atoms. The monoisotopic (exact) mass is 793 g/mol. The molecule has 1 aromatic heterocycles. The van der Waals surface area contributed by atoms with Crippen molar-refractivity contribution >= 4 is 71.3 Å². The van der Waals surface area contributed by atoms with Gasteiger partial charge in [-0.1, -0.05) is 176 Å². The third kappa shape index (κ3) is 6.20. The molecule has 290 valence electrons. The van der Waals surface area contributed by atoms with Crippen LogP contribution >= 0.6 is 0 Å². The Morgan fingerprint density at radius 3 is 1.77 bits per heavy atom. The highest BCUT2D eigenvalue weighted by Crippen LogP contribution is 2.44. The Labute approximate surface area is 365 Å². The first-order valence-corrected chi connectivity index (χ1v) is 20.9. The Balaban J connectivity index is 1.03. The summed E-state index contributed by atoms with van der Waals surface area (Å²) in [6, 6.07) is 71.3. The zero-order chi connectivity index (χ0) is 44.5. The quantitative estimate of drug-likeness (QED) is 0.160. The smallest absolute Gasteiger partial charge is 0.143 e. The molecule has 2 heteroatoms. The lowest BCUT2D eigenvalue weighted by atomic mass is 9.95. The molecule has 0 N–H and O–H groups in total. The molecule has 0 aliphatic heterocycles.